The van der Waals surface area contributed by atoms with Gasteiger partial charge in [0.15, 0.2) is 0 Å². The average molecular weight is 275 g/mol. The number of ether oxygens (including phenoxy) is 1. The molecule has 0 radical (unpaired) electrons. The van der Waals surface area contributed by atoms with E-state index in [2.05, 4.69) is 11.9 Å². The summed E-state index contributed by atoms with van der Waals surface area (Å²) in [7, 11) is 0. The van der Waals surface area contributed by atoms with Crippen molar-refractivity contribution in [1.82, 2.24) is 5.32 Å². The van der Waals surface area contributed by atoms with Crippen molar-refractivity contribution in [3.05, 3.63) is 48.6 Å². The highest BCUT2D eigenvalue weighted by molar-refractivity contribution is 5.83. The molecule has 0 atom stereocenters. The van der Waals surface area contributed by atoms with Crippen LogP contribution in [-0.2, 0) is 14.9 Å². The summed E-state index contributed by atoms with van der Waals surface area (Å²) >= 11 is 0. The molecule has 5 heteroatoms. The van der Waals surface area contributed by atoms with Crippen molar-refractivity contribution in [2.24, 2.45) is 0 Å². The second-order valence-corrected chi connectivity index (χ2v) is 4.89. The Balaban J connectivity index is 1.98. The maximum Gasteiger partial charge on any atom is 0.407 e. The van der Waals surface area contributed by atoms with E-state index < -0.39 is 17.5 Å². The van der Waals surface area contributed by atoms with E-state index in [0.717, 1.165) is 5.56 Å². The molecule has 1 aliphatic carbocycles. The Kier molecular flexibility index (Phi) is 4.08. The number of carboxylic acid groups (broad SMARTS) is 1. The molecule has 1 aromatic carbocycles. The number of carboxylic acids is 1. The van der Waals surface area contributed by atoms with E-state index in [4.69, 9.17) is 4.74 Å². The SMILES string of the molecule is C=CCOC(=O)NC1CC(C(=O)O)(c2ccccc2)C1. The summed E-state index contributed by atoms with van der Waals surface area (Å²) < 4.78 is 4.82. The van der Waals surface area contributed by atoms with Crippen LogP contribution in [0.1, 0.15) is 18.4 Å². The molecule has 1 amide bonds. The summed E-state index contributed by atoms with van der Waals surface area (Å²) in [5.74, 6) is -0.860. The van der Waals surface area contributed by atoms with E-state index in [-0.39, 0.29) is 12.6 Å². The van der Waals surface area contributed by atoms with Gasteiger partial charge in [-0.2, -0.15) is 0 Å². The molecule has 0 bridgehead atoms. The van der Waals surface area contributed by atoms with E-state index >= 15 is 0 Å². The number of carbonyl (C=O) groups is 2. The van der Waals surface area contributed by atoms with Crippen LogP contribution in [0, 0.1) is 0 Å². The second-order valence-electron chi connectivity index (χ2n) is 4.89. The number of nitrogens with one attached hydrogen (secondary N) is 1. The number of carbonyl (C=O) groups excluding carboxylic acids is 1. The van der Waals surface area contributed by atoms with Gasteiger partial charge in [0.1, 0.15) is 6.61 Å². The van der Waals surface area contributed by atoms with Crippen molar-refractivity contribution in [1.29, 1.82) is 0 Å². The van der Waals surface area contributed by atoms with Gasteiger partial charge in [0.25, 0.3) is 0 Å². The van der Waals surface area contributed by atoms with Crippen molar-refractivity contribution >= 4 is 12.1 Å². The molecule has 1 saturated carbocycles. The molecule has 0 saturated heterocycles. The molecular formula is C15H17NO4. The average Bonchev–Trinajstić information content (AvgIpc) is 2.40. The van der Waals surface area contributed by atoms with Crippen LogP contribution in [0.5, 0.6) is 0 Å². The zero-order valence-corrected chi connectivity index (χ0v) is 11.0. The Bertz CT molecular complexity index is 506. The van der Waals surface area contributed by atoms with E-state index in [1.165, 1.54) is 6.08 Å². The van der Waals surface area contributed by atoms with Gasteiger partial charge in [0, 0.05) is 6.04 Å². The highest BCUT2D eigenvalue weighted by atomic mass is 16.5. The molecule has 1 aromatic rings. The Morgan fingerprint density at radius 3 is 2.60 bits per heavy atom. The highest BCUT2D eigenvalue weighted by Gasteiger charge is 2.52. The molecule has 0 unspecified atom stereocenters. The van der Waals surface area contributed by atoms with Crippen LogP contribution >= 0.6 is 0 Å². The smallest absolute Gasteiger partial charge is 0.407 e. The summed E-state index contributed by atoms with van der Waals surface area (Å²) in [4.78, 5) is 22.9. The predicted molar refractivity (Wildman–Crippen MR) is 73.5 cm³/mol. The molecule has 2 rings (SSSR count). The molecule has 0 aromatic heterocycles. The largest absolute Gasteiger partial charge is 0.481 e. The third-order valence-electron chi connectivity index (χ3n) is 3.58. The zero-order valence-electron chi connectivity index (χ0n) is 11.0. The number of aliphatic carboxylic acids is 1. The fourth-order valence-electron chi connectivity index (χ4n) is 2.52. The third kappa shape index (κ3) is 2.66. The first-order chi connectivity index (χ1) is 9.58. The van der Waals surface area contributed by atoms with Gasteiger partial charge in [-0.25, -0.2) is 4.79 Å². The van der Waals surface area contributed by atoms with Gasteiger partial charge >= 0.3 is 12.1 Å². The van der Waals surface area contributed by atoms with Gasteiger partial charge in [0.2, 0.25) is 0 Å². The molecule has 5 nitrogen and oxygen atoms in total. The van der Waals surface area contributed by atoms with E-state index in [9.17, 15) is 14.7 Å². The van der Waals surface area contributed by atoms with E-state index in [0.29, 0.717) is 12.8 Å². The van der Waals surface area contributed by atoms with Crippen LogP contribution in [0.25, 0.3) is 0 Å². The summed E-state index contributed by atoms with van der Waals surface area (Å²) in [6, 6.07) is 8.92. The molecule has 0 spiro atoms. The molecule has 2 N–H and O–H groups in total. The molecular weight excluding hydrogens is 258 g/mol. The summed E-state index contributed by atoms with van der Waals surface area (Å²) in [5.41, 5.74) is -0.137. The highest BCUT2D eigenvalue weighted by Crippen LogP contribution is 2.44. The number of rotatable bonds is 5. The van der Waals surface area contributed by atoms with Gasteiger partial charge in [-0.3, -0.25) is 4.79 Å². The number of hydrogen-bond acceptors (Lipinski definition) is 3. The maximum atomic E-state index is 11.6. The quantitative estimate of drug-likeness (QED) is 0.807. The molecule has 0 aliphatic heterocycles. The van der Waals surface area contributed by atoms with Crippen molar-refractivity contribution < 1.29 is 19.4 Å². The first-order valence-corrected chi connectivity index (χ1v) is 6.41. The molecule has 0 heterocycles. The zero-order chi connectivity index (χ0) is 14.6. The second kappa shape index (κ2) is 5.77. The molecule has 20 heavy (non-hydrogen) atoms. The van der Waals surface area contributed by atoms with E-state index in [1.54, 1.807) is 12.1 Å². The molecule has 1 fully saturated rings. The number of hydrogen-bond donors (Lipinski definition) is 2. The monoisotopic (exact) mass is 275 g/mol. The van der Waals surface area contributed by atoms with Crippen LogP contribution in [0.15, 0.2) is 43.0 Å². The van der Waals surface area contributed by atoms with Gasteiger partial charge < -0.3 is 15.2 Å². The Morgan fingerprint density at radius 1 is 1.40 bits per heavy atom. The minimum atomic E-state index is -0.905. The predicted octanol–water partition coefficient (Wildman–Crippen LogP) is 2.08. The topological polar surface area (TPSA) is 75.6 Å². The lowest BCUT2D eigenvalue weighted by Gasteiger charge is -2.44. The van der Waals surface area contributed by atoms with Crippen LogP contribution in [0.4, 0.5) is 4.79 Å². The first-order valence-electron chi connectivity index (χ1n) is 6.41. The Hall–Kier alpha value is -2.30. The standard InChI is InChI=1S/C15H17NO4/c1-2-8-20-14(19)16-12-9-15(10-12,13(17)18)11-6-4-3-5-7-11/h2-7,12H,1,8-10H2,(H,16,19)(H,17,18). The normalized spacial score (nSPS) is 24.3. The summed E-state index contributed by atoms with van der Waals surface area (Å²) in [6.07, 6.45) is 1.68. The summed E-state index contributed by atoms with van der Waals surface area (Å²) in [6.45, 7) is 3.59. The maximum absolute atomic E-state index is 11.6. The Morgan fingerprint density at radius 2 is 2.05 bits per heavy atom. The summed E-state index contributed by atoms with van der Waals surface area (Å²) in [5, 5.41) is 12.1. The minimum Gasteiger partial charge on any atom is -0.481 e. The van der Waals surface area contributed by atoms with Gasteiger partial charge in [-0.15, -0.1) is 0 Å². The lowest BCUT2D eigenvalue weighted by atomic mass is 9.61. The third-order valence-corrected chi connectivity index (χ3v) is 3.58. The van der Waals surface area contributed by atoms with Crippen molar-refractivity contribution in [3.8, 4) is 0 Å². The van der Waals surface area contributed by atoms with Gasteiger partial charge in [-0.1, -0.05) is 43.0 Å². The fourth-order valence-corrected chi connectivity index (χ4v) is 2.52. The molecule has 106 valence electrons. The minimum absolute atomic E-state index is 0.140. The van der Waals surface area contributed by atoms with Crippen LogP contribution in [0.3, 0.4) is 0 Å². The van der Waals surface area contributed by atoms with Crippen molar-refractivity contribution in [3.63, 3.8) is 0 Å². The fraction of sp³-hybridized carbons (Fsp3) is 0.333. The number of amides is 1. The number of benzene rings is 1. The van der Waals surface area contributed by atoms with Crippen LogP contribution in [-0.4, -0.2) is 29.8 Å². The Labute approximate surface area is 117 Å². The van der Waals surface area contributed by atoms with Crippen molar-refractivity contribution in [2.75, 3.05) is 6.61 Å². The van der Waals surface area contributed by atoms with Gasteiger partial charge in [-0.05, 0) is 18.4 Å². The van der Waals surface area contributed by atoms with E-state index in [1.807, 2.05) is 18.2 Å². The van der Waals surface area contributed by atoms with Crippen molar-refractivity contribution in [2.45, 2.75) is 24.3 Å². The van der Waals surface area contributed by atoms with Gasteiger partial charge in [0.05, 0.1) is 5.41 Å². The lowest BCUT2D eigenvalue weighted by molar-refractivity contribution is -0.148. The molecule has 1 aliphatic rings. The number of alkyl carbamates (subject to hydrolysis) is 1. The lowest BCUT2D eigenvalue weighted by Crippen LogP contribution is -2.57. The first kappa shape index (κ1) is 14.1. The van der Waals surface area contributed by atoms with Crippen LogP contribution < -0.4 is 5.32 Å². The van der Waals surface area contributed by atoms with Crippen LogP contribution in [0.2, 0.25) is 0 Å².